The van der Waals surface area contributed by atoms with Crippen LogP contribution >= 0.6 is 11.6 Å². The number of carbonyl (C=O) groups excluding carboxylic acids is 1. The lowest BCUT2D eigenvalue weighted by Crippen LogP contribution is -2.22. The lowest BCUT2D eigenvalue weighted by Gasteiger charge is -2.16. The van der Waals surface area contributed by atoms with Gasteiger partial charge in [0.2, 0.25) is 0 Å². The number of methoxy groups -OCH3 is 1. The number of fused-ring (bicyclic) bond motifs is 1. The summed E-state index contributed by atoms with van der Waals surface area (Å²) in [6.07, 6.45) is 0. The summed E-state index contributed by atoms with van der Waals surface area (Å²) in [6, 6.07) is 4.62. The predicted octanol–water partition coefficient (Wildman–Crippen LogP) is 4.10. The van der Waals surface area contributed by atoms with Gasteiger partial charge in [0.15, 0.2) is 0 Å². The van der Waals surface area contributed by atoms with Gasteiger partial charge in [0, 0.05) is 20.1 Å². The number of pyridine rings is 1. The van der Waals surface area contributed by atoms with Gasteiger partial charge in [0.25, 0.3) is 0 Å². The quantitative estimate of drug-likeness (QED) is 0.339. The molecule has 0 atom stereocenters. The van der Waals surface area contributed by atoms with E-state index in [1.165, 1.54) is 7.11 Å². The average molecular weight is 355 g/mol. The van der Waals surface area contributed by atoms with Crippen molar-refractivity contribution in [2.24, 2.45) is 0 Å². The van der Waals surface area contributed by atoms with Gasteiger partial charge in [-0.05, 0) is 30.7 Å². The second-order valence-electron chi connectivity index (χ2n) is 6.80. The zero-order valence-electron chi connectivity index (χ0n) is 14.3. The van der Waals surface area contributed by atoms with Crippen LogP contribution in [0.25, 0.3) is 11.0 Å². The molecule has 0 saturated heterocycles. The molecule has 2 aromatic heterocycles. The Balaban J connectivity index is 2.33. The number of rotatable bonds is 6. The summed E-state index contributed by atoms with van der Waals surface area (Å²) in [5, 5.41) is 1.27. The number of ether oxygens (including phenoxy) is 2. The van der Waals surface area contributed by atoms with E-state index in [4.69, 9.17) is 21.1 Å². The number of halogens is 1. The Morgan fingerprint density at radius 2 is 2.04 bits per heavy atom. The average Bonchev–Trinajstić information content (AvgIpc) is 2.81. The Hall–Kier alpha value is -1.37. The molecule has 0 saturated carbocycles. The van der Waals surface area contributed by atoms with Crippen LogP contribution in [-0.4, -0.2) is 37.3 Å². The van der Waals surface area contributed by atoms with E-state index < -0.39 is 14.0 Å². The normalized spacial score (nSPS) is 11.9. The second kappa shape index (κ2) is 7.03. The Labute approximate surface area is 142 Å². The van der Waals surface area contributed by atoms with Crippen molar-refractivity contribution in [1.29, 1.82) is 0 Å². The maximum atomic E-state index is 12.0. The lowest BCUT2D eigenvalue weighted by molar-refractivity contribution is 0.0545. The SMILES string of the molecule is COC(=O)c1cc2c(C)cc(Cl)nc2n1COCC[Si](C)(C)C. The molecule has 126 valence electrons. The second-order valence-corrected chi connectivity index (χ2v) is 12.8. The van der Waals surface area contributed by atoms with Crippen molar-refractivity contribution in [3.8, 4) is 0 Å². The Kier molecular flexibility index (Phi) is 5.49. The Morgan fingerprint density at radius 3 is 2.65 bits per heavy atom. The highest BCUT2D eigenvalue weighted by atomic mass is 35.5. The molecular weight excluding hydrogens is 332 g/mol. The van der Waals surface area contributed by atoms with E-state index in [0.29, 0.717) is 23.1 Å². The van der Waals surface area contributed by atoms with Crippen LogP contribution in [0.5, 0.6) is 0 Å². The van der Waals surface area contributed by atoms with E-state index in [0.717, 1.165) is 17.0 Å². The highest BCUT2D eigenvalue weighted by molar-refractivity contribution is 6.76. The Morgan fingerprint density at radius 1 is 1.35 bits per heavy atom. The number of hydrogen-bond donors (Lipinski definition) is 0. The van der Waals surface area contributed by atoms with Gasteiger partial charge in [0.05, 0.1) is 7.11 Å². The minimum absolute atomic E-state index is 0.255. The number of hydrogen-bond acceptors (Lipinski definition) is 4. The lowest BCUT2D eigenvalue weighted by atomic mass is 10.2. The van der Waals surface area contributed by atoms with Crippen LogP contribution in [0.2, 0.25) is 30.8 Å². The molecule has 2 aromatic rings. The van der Waals surface area contributed by atoms with Crippen molar-refractivity contribution < 1.29 is 14.3 Å². The molecule has 2 heterocycles. The van der Waals surface area contributed by atoms with Gasteiger partial charge in [-0.3, -0.25) is 4.57 Å². The summed E-state index contributed by atoms with van der Waals surface area (Å²) < 4.78 is 12.4. The molecule has 0 fully saturated rings. The molecule has 0 amide bonds. The van der Waals surface area contributed by atoms with Crippen molar-refractivity contribution in [3.05, 3.63) is 28.5 Å². The van der Waals surface area contributed by atoms with Crippen molar-refractivity contribution in [3.63, 3.8) is 0 Å². The summed E-state index contributed by atoms with van der Waals surface area (Å²) in [5.41, 5.74) is 2.03. The number of aromatic nitrogens is 2. The highest BCUT2D eigenvalue weighted by Crippen LogP contribution is 2.25. The van der Waals surface area contributed by atoms with Gasteiger partial charge in [-0.1, -0.05) is 31.2 Å². The standard InChI is InChI=1S/C16H23ClN2O3Si/c1-11-8-14(17)18-15-12(11)9-13(16(20)21-2)19(15)10-22-6-7-23(3,4)5/h8-9H,6-7,10H2,1-5H3. The fourth-order valence-electron chi connectivity index (χ4n) is 2.28. The molecule has 0 bridgehead atoms. The molecule has 5 nitrogen and oxygen atoms in total. The van der Waals surface area contributed by atoms with Crippen LogP contribution in [0.1, 0.15) is 16.1 Å². The molecule has 0 aliphatic rings. The van der Waals surface area contributed by atoms with Crippen molar-refractivity contribution in [2.75, 3.05) is 13.7 Å². The molecular formula is C16H23ClN2O3Si. The maximum Gasteiger partial charge on any atom is 0.354 e. The van der Waals surface area contributed by atoms with Crippen LogP contribution in [0.4, 0.5) is 0 Å². The van der Waals surface area contributed by atoms with Crippen LogP contribution in [-0.2, 0) is 16.2 Å². The van der Waals surface area contributed by atoms with Gasteiger partial charge in [-0.15, -0.1) is 0 Å². The monoisotopic (exact) mass is 354 g/mol. The largest absolute Gasteiger partial charge is 0.464 e. The first-order valence-electron chi connectivity index (χ1n) is 7.55. The first kappa shape index (κ1) is 18.0. The van der Waals surface area contributed by atoms with Crippen LogP contribution in [0.3, 0.4) is 0 Å². The van der Waals surface area contributed by atoms with Crippen molar-refractivity contribution >= 4 is 36.7 Å². The summed E-state index contributed by atoms with van der Waals surface area (Å²) in [4.78, 5) is 16.4. The molecule has 0 N–H and O–H groups in total. The third-order valence-corrected chi connectivity index (χ3v) is 5.55. The molecule has 0 unspecified atom stereocenters. The summed E-state index contributed by atoms with van der Waals surface area (Å²) in [7, 11) is 0.209. The van der Waals surface area contributed by atoms with Gasteiger partial charge in [-0.2, -0.15) is 0 Å². The van der Waals surface area contributed by atoms with E-state index in [1.807, 2.05) is 6.92 Å². The maximum absolute atomic E-state index is 12.0. The van der Waals surface area contributed by atoms with Crippen molar-refractivity contribution in [2.45, 2.75) is 39.3 Å². The predicted molar refractivity (Wildman–Crippen MR) is 94.9 cm³/mol. The third kappa shape index (κ3) is 4.34. The fraction of sp³-hybridized carbons (Fsp3) is 0.500. The van der Waals surface area contributed by atoms with E-state index >= 15 is 0 Å². The van der Waals surface area contributed by atoms with Crippen LogP contribution in [0, 0.1) is 6.92 Å². The smallest absolute Gasteiger partial charge is 0.354 e. The number of nitrogens with zero attached hydrogens (tertiary/aromatic N) is 2. The van der Waals surface area contributed by atoms with Gasteiger partial charge in [0.1, 0.15) is 23.2 Å². The zero-order valence-corrected chi connectivity index (χ0v) is 16.0. The fourth-order valence-corrected chi connectivity index (χ4v) is 3.28. The van der Waals surface area contributed by atoms with E-state index in [9.17, 15) is 4.79 Å². The minimum Gasteiger partial charge on any atom is -0.464 e. The number of carbonyl (C=O) groups is 1. The third-order valence-electron chi connectivity index (χ3n) is 3.65. The van der Waals surface area contributed by atoms with Gasteiger partial charge >= 0.3 is 5.97 Å². The first-order chi connectivity index (χ1) is 10.7. The molecule has 0 aliphatic heterocycles. The molecule has 0 spiro atoms. The topological polar surface area (TPSA) is 53.3 Å². The van der Waals surface area contributed by atoms with E-state index in [-0.39, 0.29) is 6.73 Å². The number of esters is 1. The molecule has 7 heteroatoms. The molecule has 0 aliphatic carbocycles. The highest BCUT2D eigenvalue weighted by Gasteiger charge is 2.19. The molecule has 0 aromatic carbocycles. The minimum atomic E-state index is -1.16. The molecule has 0 radical (unpaired) electrons. The first-order valence-corrected chi connectivity index (χ1v) is 11.6. The number of aryl methyl sites for hydroxylation is 1. The van der Waals surface area contributed by atoms with Crippen molar-refractivity contribution in [1.82, 2.24) is 9.55 Å². The van der Waals surface area contributed by atoms with E-state index in [1.54, 1.807) is 16.7 Å². The summed E-state index contributed by atoms with van der Waals surface area (Å²) in [6.45, 7) is 9.75. The summed E-state index contributed by atoms with van der Waals surface area (Å²) in [5.74, 6) is -0.410. The zero-order chi connectivity index (χ0) is 17.2. The molecule has 23 heavy (non-hydrogen) atoms. The van der Waals surface area contributed by atoms with E-state index in [2.05, 4.69) is 24.6 Å². The van der Waals surface area contributed by atoms with Gasteiger partial charge < -0.3 is 9.47 Å². The van der Waals surface area contributed by atoms with Crippen LogP contribution < -0.4 is 0 Å². The molecule has 2 rings (SSSR count). The summed E-state index contributed by atoms with van der Waals surface area (Å²) >= 11 is 6.06. The van der Waals surface area contributed by atoms with Gasteiger partial charge in [-0.25, -0.2) is 9.78 Å². The Bertz CT molecular complexity index is 722. The van der Waals surface area contributed by atoms with Crippen LogP contribution in [0.15, 0.2) is 12.1 Å².